The SMILES string of the molecule is Cc1ccccc1CN1CCCN(C(=O)c2cccc(S(=O)(=O)NCc3cccs3)c2)CC1. The van der Waals surface area contributed by atoms with E-state index in [2.05, 4.69) is 34.7 Å². The van der Waals surface area contributed by atoms with E-state index in [0.717, 1.165) is 30.9 Å². The molecule has 33 heavy (non-hydrogen) atoms. The van der Waals surface area contributed by atoms with Gasteiger partial charge < -0.3 is 4.90 Å². The van der Waals surface area contributed by atoms with E-state index in [1.165, 1.54) is 34.6 Å². The Morgan fingerprint density at radius 2 is 1.85 bits per heavy atom. The van der Waals surface area contributed by atoms with Gasteiger partial charge in [0.1, 0.15) is 0 Å². The van der Waals surface area contributed by atoms with E-state index in [-0.39, 0.29) is 17.3 Å². The highest BCUT2D eigenvalue weighted by Crippen LogP contribution is 2.17. The first-order valence-corrected chi connectivity index (χ1v) is 13.5. The number of benzene rings is 2. The van der Waals surface area contributed by atoms with Gasteiger partial charge in [-0.3, -0.25) is 9.69 Å². The Bertz CT molecular complexity index is 1190. The molecule has 4 rings (SSSR count). The lowest BCUT2D eigenvalue weighted by Crippen LogP contribution is -2.35. The molecular weight excluding hydrogens is 454 g/mol. The number of hydrogen-bond donors (Lipinski definition) is 1. The van der Waals surface area contributed by atoms with Crippen molar-refractivity contribution in [1.29, 1.82) is 0 Å². The minimum Gasteiger partial charge on any atom is -0.337 e. The molecule has 8 heteroatoms. The van der Waals surface area contributed by atoms with Crippen LogP contribution in [-0.4, -0.2) is 50.3 Å². The highest BCUT2D eigenvalue weighted by Gasteiger charge is 2.22. The van der Waals surface area contributed by atoms with Crippen LogP contribution in [-0.2, 0) is 23.1 Å². The minimum absolute atomic E-state index is 0.112. The third kappa shape index (κ3) is 6.09. The Hall–Kier alpha value is -2.52. The van der Waals surface area contributed by atoms with Crippen LogP contribution in [0.5, 0.6) is 0 Å². The lowest BCUT2D eigenvalue weighted by atomic mass is 10.1. The summed E-state index contributed by atoms with van der Waals surface area (Å²) in [4.78, 5) is 18.5. The van der Waals surface area contributed by atoms with E-state index < -0.39 is 10.0 Å². The fourth-order valence-corrected chi connectivity index (χ4v) is 5.79. The Kier molecular flexibility index (Phi) is 7.60. The van der Waals surface area contributed by atoms with E-state index in [0.29, 0.717) is 18.7 Å². The number of sulfonamides is 1. The Morgan fingerprint density at radius 1 is 1.00 bits per heavy atom. The molecule has 0 bridgehead atoms. The number of hydrogen-bond acceptors (Lipinski definition) is 5. The quantitative estimate of drug-likeness (QED) is 0.554. The van der Waals surface area contributed by atoms with Crippen LogP contribution in [0, 0.1) is 6.92 Å². The van der Waals surface area contributed by atoms with Crippen molar-refractivity contribution in [3.8, 4) is 0 Å². The first kappa shape index (κ1) is 23.6. The largest absolute Gasteiger partial charge is 0.337 e. The summed E-state index contributed by atoms with van der Waals surface area (Å²) in [6.45, 7) is 6.24. The fraction of sp³-hybridized carbons (Fsp3) is 0.320. The molecule has 0 aliphatic carbocycles. The van der Waals surface area contributed by atoms with Crippen LogP contribution in [0.3, 0.4) is 0 Å². The second-order valence-electron chi connectivity index (χ2n) is 8.28. The second-order valence-corrected chi connectivity index (χ2v) is 11.1. The molecule has 1 N–H and O–H groups in total. The third-order valence-electron chi connectivity index (χ3n) is 5.94. The van der Waals surface area contributed by atoms with Crippen LogP contribution >= 0.6 is 11.3 Å². The number of amides is 1. The summed E-state index contributed by atoms with van der Waals surface area (Å²) in [5.41, 5.74) is 2.99. The van der Waals surface area contributed by atoms with Crippen molar-refractivity contribution in [2.45, 2.75) is 31.3 Å². The predicted octanol–water partition coefficient (Wildman–Crippen LogP) is 3.88. The highest BCUT2D eigenvalue weighted by molar-refractivity contribution is 7.89. The topological polar surface area (TPSA) is 69.7 Å². The van der Waals surface area contributed by atoms with E-state index in [4.69, 9.17) is 0 Å². The van der Waals surface area contributed by atoms with Crippen molar-refractivity contribution in [3.05, 3.63) is 87.6 Å². The highest BCUT2D eigenvalue weighted by atomic mass is 32.2. The number of aryl methyl sites for hydroxylation is 1. The molecule has 1 saturated heterocycles. The summed E-state index contributed by atoms with van der Waals surface area (Å²) in [7, 11) is -3.70. The van der Waals surface area contributed by atoms with Crippen LogP contribution in [0.4, 0.5) is 0 Å². The lowest BCUT2D eigenvalue weighted by molar-refractivity contribution is 0.0761. The lowest BCUT2D eigenvalue weighted by Gasteiger charge is -2.23. The zero-order valence-electron chi connectivity index (χ0n) is 18.7. The first-order chi connectivity index (χ1) is 15.9. The van der Waals surface area contributed by atoms with Gasteiger partial charge in [0.05, 0.1) is 4.90 Å². The normalized spacial score (nSPS) is 15.4. The summed E-state index contributed by atoms with van der Waals surface area (Å²) in [6.07, 6.45) is 0.887. The van der Waals surface area contributed by atoms with Gasteiger partial charge in [0, 0.05) is 49.7 Å². The fourth-order valence-electron chi connectivity index (χ4n) is 4.00. The molecule has 2 aromatic carbocycles. The van der Waals surface area contributed by atoms with Crippen molar-refractivity contribution in [1.82, 2.24) is 14.5 Å². The molecule has 1 aromatic heterocycles. The molecule has 1 amide bonds. The number of thiophene rings is 1. The van der Waals surface area contributed by atoms with Gasteiger partial charge in [-0.05, 0) is 54.1 Å². The van der Waals surface area contributed by atoms with Crippen LogP contribution in [0.1, 0.15) is 32.8 Å². The standard InChI is InChI=1S/C25H29N3O3S2/c1-20-7-2-3-8-22(20)19-27-12-6-13-28(15-14-27)25(29)21-9-4-11-24(17-21)33(30,31)26-18-23-10-5-16-32-23/h2-5,7-11,16-17,26H,6,12-15,18-19H2,1H3. The molecule has 1 aliphatic heterocycles. The average molecular weight is 484 g/mol. The zero-order valence-corrected chi connectivity index (χ0v) is 20.4. The van der Waals surface area contributed by atoms with Crippen LogP contribution in [0.25, 0.3) is 0 Å². The summed E-state index contributed by atoms with van der Waals surface area (Å²) in [6, 6.07) is 18.5. The minimum atomic E-state index is -3.70. The number of carbonyl (C=O) groups is 1. The van der Waals surface area contributed by atoms with Gasteiger partial charge in [-0.15, -0.1) is 11.3 Å². The van der Waals surface area contributed by atoms with E-state index in [1.807, 2.05) is 28.5 Å². The van der Waals surface area contributed by atoms with Crippen molar-refractivity contribution in [2.24, 2.45) is 0 Å². The Morgan fingerprint density at radius 3 is 2.64 bits per heavy atom. The summed E-state index contributed by atoms with van der Waals surface area (Å²) in [5, 5.41) is 1.91. The van der Waals surface area contributed by atoms with Crippen molar-refractivity contribution < 1.29 is 13.2 Å². The van der Waals surface area contributed by atoms with Gasteiger partial charge in [0.25, 0.3) is 5.91 Å². The molecule has 1 aliphatic rings. The molecule has 1 fully saturated rings. The molecule has 0 spiro atoms. The molecule has 174 valence electrons. The summed E-state index contributed by atoms with van der Waals surface area (Å²) in [5.74, 6) is -0.122. The van der Waals surface area contributed by atoms with Gasteiger partial charge in [0.2, 0.25) is 10.0 Å². The van der Waals surface area contributed by atoms with Gasteiger partial charge in [-0.25, -0.2) is 13.1 Å². The molecular formula is C25H29N3O3S2. The molecule has 0 radical (unpaired) electrons. The number of nitrogens with one attached hydrogen (secondary N) is 1. The van der Waals surface area contributed by atoms with E-state index in [9.17, 15) is 13.2 Å². The van der Waals surface area contributed by atoms with Gasteiger partial charge >= 0.3 is 0 Å². The van der Waals surface area contributed by atoms with Crippen molar-refractivity contribution in [3.63, 3.8) is 0 Å². The third-order valence-corrected chi connectivity index (χ3v) is 8.21. The summed E-state index contributed by atoms with van der Waals surface area (Å²) >= 11 is 1.50. The van der Waals surface area contributed by atoms with Gasteiger partial charge in [-0.1, -0.05) is 36.4 Å². The molecule has 0 atom stereocenters. The first-order valence-electron chi connectivity index (χ1n) is 11.1. The average Bonchev–Trinajstić information content (AvgIpc) is 3.24. The van der Waals surface area contributed by atoms with E-state index in [1.54, 1.807) is 12.1 Å². The number of carbonyl (C=O) groups excluding carboxylic acids is 1. The molecule has 0 saturated carbocycles. The van der Waals surface area contributed by atoms with Gasteiger partial charge in [0.15, 0.2) is 0 Å². The van der Waals surface area contributed by atoms with Crippen LogP contribution in [0.2, 0.25) is 0 Å². The number of nitrogens with zero attached hydrogens (tertiary/aromatic N) is 2. The van der Waals surface area contributed by atoms with Gasteiger partial charge in [-0.2, -0.15) is 0 Å². The smallest absolute Gasteiger partial charge is 0.253 e. The van der Waals surface area contributed by atoms with Crippen molar-refractivity contribution in [2.75, 3.05) is 26.2 Å². The monoisotopic (exact) mass is 483 g/mol. The van der Waals surface area contributed by atoms with Crippen LogP contribution < -0.4 is 4.72 Å². The summed E-state index contributed by atoms with van der Waals surface area (Å²) < 4.78 is 28.1. The number of rotatable bonds is 7. The molecule has 3 aromatic rings. The molecule has 6 nitrogen and oxygen atoms in total. The zero-order chi connectivity index (χ0) is 23.3. The van der Waals surface area contributed by atoms with Crippen LogP contribution in [0.15, 0.2) is 70.9 Å². The Labute approximate surface area is 199 Å². The van der Waals surface area contributed by atoms with E-state index >= 15 is 0 Å². The predicted molar refractivity (Wildman–Crippen MR) is 132 cm³/mol. The maximum Gasteiger partial charge on any atom is 0.253 e. The Balaban J connectivity index is 1.40. The second kappa shape index (κ2) is 10.6. The van der Waals surface area contributed by atoms with Crippen molar-refractivity contribution >= 4 is 27.3 Å². The maximum absolute atomic E-state index is 13.2. The molecule has 0 unspecified atom stereocenters. The maximum atomic E-state index is 13.2. The molecule has 2 heterocycles.